The van der Waals surface area contributed by atoms with Crippen molar-refractivity contribution in [1.82, 2.24) is 4.72 Å². The van der Waals surface area contributed by atoms with Crippen LogP contribution in [0.1, 0.15) is 32.8 Å². The first-order chi connectivity index (χ1) is 9.21. The number of aliphatic hydroxyl groups is 1. The van der Waals surface area contributed by atoms with Gasteiger partial charge in [0.1, 0.15) is 0 Å². The van der Waals surface area contributed by atoms with Gasteiger partial charge < -0.3 is 5.11 Å². The highest BCUT2D eigenvalue weighted by Gasteiger charge is 2.21. The molecular weight excluding hydrogens is 274 g/mol. The fourth-order valence-electron chi connectivity index (χ4n) is 1.55. The molecule has 2 N–H and O–H groups in total. The van der Waals surface area contributed by atoms with E-state index in [9.17, 15) is 13.5 Å². The van der Waals surface area contributed by atoms with Crippen molar-refractivity contribution in [3.05, 3.63) is 41.3 Å². The Labute approximate surface area is 121 Å². The highest BCUT2D eigenvalue weighted by molar-refractivity contribution is 7.92. The lowest BCUT2D eigenvalue weighted by atomic mass is 9.87. The summed E-state index contributed by atoms with van der Waals surface area (Å²) in [5.74, 6) is 0. The number of hydrogen-bond donors (Lipinski definition) is 2. The molecule has 1 atom stereocenters. The van der Waals surface area contributed by atoms with Gasteiger partial charge in [0.05, 0.1) is 6.10 Å². The Hall–Kier alpha value is -1.17. The lowest BCUT2D eigenvalue weighted by Gasteiger charge is -2.25. The van der Waals surface area contributed by atoms with Crippen molar-refractivity contribution in [2.24, 2.45) is 5.41 Å². The fraction of sp³-hybridized carbons (Fsp3) is 0.467. The van der Waals surface area contributed by atoms with Crippen LogP contribution in [0.4, 0.5) is 0 Å². The lowest BCUT2D eigenvalue weighted by molar-refractivity contribution is 0.0571. The number of benzene rings is 1. The van der Waals surface area contributed by atoms with Crippen LogP contribution < -0.4 is 4.72 Å². The van der Waals surface area contributed by atoms with E-state index in [0.717, 1.165) is 11.0 Å². The minimum Gasteiger partial charge on any atom is -0.393 e. The van der Waals surface area contributed by atoms with E-state index in [0.29, 0.717) is 6.42 Å². The van der Waals surface area contributed by atoms with Crippen molar-refractivity contribution >= 4 is 16.1 Å². The molecule has 0 saturated carbocycles. The minimum atomic E-state index is -3.46. The minimum absolute atomic E-state index is 0.222. The van der Waals surface area contributed by atoms with Gasteiger partial charge in [0, 0.05) is 12.0 Å². The molecule has 0 aliphatic carbocycles. The molecule has 1 rings (SSSR count). The van der Waals surface area contributed by atoms with E-state index in [1.54, 1.807) is 6.08 Å². The van der Waals surface area contributed by atoms with Crippen molar-refractivity contribution in [2.45, 2.75) is 33.3 Å². The molecule has 0 fully saturated rings. The van der Waals surface area contributed by atoms with Gasteiger partial charge in [-0.1, -0.05) is 51.1 Å². The van der Waals surface area contributed by atoms with Crippen molar-refractivity contribution in [1.29, 1.82) is 0 Å². The van der Waals surface area contributed by atoms with Crippen LogP contribution in [0.3, 0.4) is 0 Å². The first-order valence-electron chi connectivity index (χ1n) is 6.61. The van der Waals surface area contributed by atoms with Crippen molar-refractivity contribution in [3.63, 3.8) is 0 Å². The predicted molar refractivity (Wildman–Crippen MR) is 82.5 cm³/mol. The summed E-state index contributed by atoms with van der Waals surface area (Å²) < 4.78 is 26.0. The molecule has 5 heteroatoms. The molecule has 4 nitrogen and oxygen atoms in total. The second-order valence-corrected chi connectivity index (χ2v) is 7.47. The van der Waals surface area contributed by atoms with E-state index in [4.69, 9.17) is 0 Å². The van der Waals surface area contributed by atoms with Gasteiger partial charge in [0.15, 0.2) is 0 Å². The summed E-state index contributed by atoms with van der Waals surface area (Å²) in [6.45, 7) is 5.98. The molecule has 0 bridgehead atoms. The van der Waals surface area contributed by atoms with Crippen molar-refractivity contribution in [2.75, 3.05) is 6.54 Å². The fourth-order valence-corrected chi connectivity index (χ4v) is 2.39. The zero-order valence-corrected chi connectivity index (χ0v) is 13.0. The first kappa shape index (κ1) is 16.9. The number of sulfonamides is 1. The summed E-state index contributed by atoms with van der Waals surface area (Å²) >= 11 is 0. The molecule has 0 aromatic heterocycles. The highest BCUT2D eigenvalue weighted by Crippen LogP contribution is 2.21. The molecule has 0 saturated heterocycles. The Bertz CT molecular complexity index is 530. The third-order valence-electron chi connectivity index (χ3n) is 2.96. The van der Waals surface area contributed by atoms with E-state index in [1.165, 1.54) is 0 Å². The van der Waals surface area contributed by atoms with Crippen molar-refractivity contribution < 1.29 is 13.5 Å². The number of hydrogen-bond acceptors (Lipinski definition) is 3. The van der Waals surface area contributed by atoms with Crippen LogP contribution in [-0.4, -0.2) is 26.2 Å². The van der Waals surface area contributed by atoms with Crippen LogP contribution in [0.25, 0.3) is 6.08 Å². The zero-order valence-electron chi connectivity index (χ0n) is 12.2. The molecule has 1 aromatic rings. The van der Waals surface area contributed by atoms with E-state index in [1.807, 2.05) is 51.1 Å². The molecule has 1 aromatic carbocycles. The highest BCUT2D eigenvalue weighted by atomic mass is 32.2. The molecule has 20 heavy (non-hydrogen) atoms. The van der Waals surface area contributed by atoms with Crippen LogP contribution >= 0.6 is 0 Å². The average Bonchev–Trinajstić information content (AvgIpc) is 2.36. The van der Waals surface area contributed by atoms with Crippen LogP contribution in [0, 0.1) is 5.41 Å². The summed E-state index contributed by atoms with van der Waals surface area (Å²) in [5, 5.41) is 11.0. The van der Waals surface area contributed by atoms with Gasteiger partial charge >= 0.3 is 0 Å². The summed E-state index contributed by atoms with van der Waals surface area (Å²) in [7, 11) is -3.46. The summed E-state index contributed by atoms with van der Waals surface area (Å²) in [5.41, 5.74) is 0.582. The van der Waals surface area contributed by atoms with Crippen LogP contribution in [0.2, 0.25) is 0 Å². The average molecular weight is 297 g/mol. The maximum atomic E-state index is 11.8. The van der Waals surface area contributed by atoms with Gasteiger partial charge in [-0.3, -0.25) is 0 Å². The number of aliphatic hydroxyl groups excluding tert-OH is 1. The predicted octanol–water partition coefficient (Wildman–Crippen LogP) is 2.37. The van der Waals surface area contributed by atoms with Gasteiger partial charge in [-0.25, -0.2) is 13.1 Å². The third-order valence-corrected chi connectivity index (χ3v) is 4.06. The second-order valence-electron chi connectivity index (χ2n) is 5.82. The van der Waals surface area contributed by atoms with Crippen LogP contribution in [0.5, 0.6) is 0 Å². The molecular formula is C15H23NO3S. The summed E-state index contributed by atoms with van der Waals surface area (Å²) in [6, 6.07) is 9.22. The standard InChI is InChI=1S/C15H23NO3S/c1-15(2,3)14(17)9-11-16-20(18,19)12-10-13-7-5-4-6-8-13/h4-8,10,12,14,16-17H,9,11H2,1-3H3. The van der Waals surface area contributed by atoms with Crippen molar-refractivity contribution in [3.8, 4) is 0 Å². The quantitative estimate of drug-likeness (QED) is 0.847. The number of rotatable bonds is 6. The molecule has 0 heterocycles. The molecule has 0 radical (unpaired) electrons. The van der Waals surface area contributed by atoms with Gasteiger partial charge in [-0.05, 0) is 23.5 Å². The van der Waals surface area contributed by atoms with E-state index < -0.39 is 16.1 Å². The topological polar surface area (TPSA) is 66.4 Å². The summed E-state index contributed by atoms with van der Waals surface area (Å²) in [4.78, 5) is 0. The Kier molecular flexibility index (Phi) is 5.92. The maximum absolute atomic E-state index is 11.8. The van der Waals surface area contributed by atoms with Gasteiger partial charge in [0.25, 0.3) is 0 Å². The molecule has 0 aliphatic rings. The Morgan fingerprint density at radius 1 is 1.25 bits per heavy atom. The third kappa shape index (κ3) is 6.32. The van der Waals surface area contributed by atoms with Gasteiger partial charge in [-0.15, -0.1) is 0 Å². The lowest BCUT2D eigenvalue weighted by Crippen LogP contribution is -2.31. The molecule has 0 spiro atoms. The van der Waals surface area contributed by atoms with Gasteiger partial charge in [0.2, 0.25) is 10.0 Å². The maximum Gasteiger partial charge on any atom is 0.233 e. The van der Waals surface area contributed by atoms with E-state index >= 15 is 0 Å². The molecule has 0 aliphatic heterocycles. The molecule has 0 amide bonds. The Morgan fingerprint density at radius 2 is 1.85 bits per heavy atom. The zero-order chi connectivity index (χ0) is 15.2. The molecule has 112 valence electrons. The monoisotopic (exact) mass is 297 g/mol. The first-order valence-corrected chi connectivity index (χ1v) is 8.16. The number of nitrogens with one attached hydrogen (secondary N) is 1. The van der Waals surface area contributed by atoms with Crippen LogP contribution in [0.15, 0.2) is 35.7 Å². The summed E-state index contributed by atoms with van der Waals surface area (Å²) in [6.07, 6.45) is 1.40. The molecule has 1 unspecified atom stereocenters. The van der Waals surface area contributed by atoms with Crippen LogP contribution in [-0.2, 0) is 10.0 Å². The Morgan fingerprint density at radius 3 is 2.40 bits per heavy atom. The largest absolute Gasteiger partial charge is 0.393 e. The van der Waals surface area contributed by atoms with E-state index in [2.05, 4.69) is 4.72 Å². The van der Waals surface area contributed by atoms with Gasteiger partial charge in [-0.2, -0.15) is 0 Å². The smallest absolute Gasteiger partial charge is 0.233 e. The van der Waals surface area contributed by atoms with E-state index in [-0.39, 0.29) is 12.0 Å². The second kappa shape index (κ2) is 7.02. The SMILES string of the molecule is CC(C)(C)C(O)CCNS(=O)(=O)C=Cc1ccccc1. The Balaban J connectivity index is 2.49. The normalized spacial score (nSPS) is 14.6.